The molecule has 4 aliphatic rings. The quantitative estimate of drug-likeness (QED) is 0.250. The number of thiazole rings is 1. The largest absolute Gasteiger partial charge is 0.497 e. The highest BCUT2D eigenvalue weighted by atomic mass is 35.5. The van der Waals surface area contributed by atoms with Gasteiger partial charge in [0.25, 0.3) is 0 Å². The smallest absolute Gasteiger partial charge is 0.305 e. The second kappa shape index (κ2) is 10.3. The molecule has 7 nitrogen and oxygen atoms in total. The molecule has 2 amide bonds. The maximum absolute atomic E-state index is 14.1. The number of carbonyl (C=O) groups is 2. The van der Waals surface area contributed by atoms with Gasteiger partial charge in [-0.3, -0.25) is 19.3 Å². The molecule has 3 aromatic carbocycles. The van der Waals surface area contributed by atoms with E-state index in [4.69, 9.17) is 21.1 Å². The fraction of sp³-hybridized carbons (Fsp3) is 0.303. The van der Waals surface area contributed by atoms with E-state index < -0.39 is 5.92 Å². The van der Waals surface area contributed by atoms with Crippen LogP contribution in [0.25, 0.3) is 0 Å². The number of carbonyl (C=O) groups excluding carboxylic acids is 2. The molecule has 0 spiro atoms. The third kappa shape index (κ3) is 4.19. The molecule has 10 heteroatoms. The van der Waals surface area contributed by atoms with Crippen LogP contribution in [0, 0.1) is 29.6 Å². The Morgan fingerprint density at radius 2 is 1.70 bits per heavy atom. The zero-order valence-corrected chi connectivity index (χ0v) is 25.5. The number of fused-ring (bicyclic) bond motifs is 9. The maximum atomic E-state index is 14.1. The summed E-state index contributed by atoms with van der Waals surface area (Å²) < 4.78 is 11.7. The summed E-state index contributed by atoms with van der Waals surface area (Å²) in [4.78, 5) is 46.0. The van der Waals surface area contributed by atoms with Crippen LogP contribution in [0.1, 0.15) is 28.3 Å². The van der Waals surface area contributed by atoms with Crippen molar-refractivity contribution in [2.24, 2.45) is 29.6 Å². The number of hydrogen-bond acceptors (Lipinski definition) is 7. The van der Waals surface area contributed by atoms with Crippen LogP contribution in [0.15, 0.2) is 82.6 Å². The van der Waals surface area contributed by atoms with Gasteiger partial charge in [-0.05, 0) is 72.2 Å². The number of ether oxygens (including phenoxy) is 2. The average molecular weight is 631 g/mol. The second-order valence-electron chi connectivity index (χ2n) is 11.6. The number of aromatic amines is 1. The minimum atomic E-state index is -0.394. The monoisotopic (exact) mass is 630 g/mol. The molecule has 4 aromatic rings. The summed E-state index contributed by atoms with van der Waals surface area (Å²) in [5.74, 6) is 0.230. The number of benzene rings is 3. The van der Waals surface area contributed by atoms with Crippen LogP contribution in [0.4, 0.5) is 5.69 Å². The Morgan fingerprint density at radius 3 is 2.44 bits per heavy atom. The summed E-state index contributed by atoms with van der Waals surface area (Å²) in [6.45, 7) is 0.391. The van der Waals surface area contributed by atoms with Gasteiger partial charge < -0.3 is 14.5 Å². The Morgan fingerprint density at radius 1 is 0.953 bits per heavy atom. The van der Waals surface area contributed by atoms with E-state index in [0.717, 1.165) is 27.5 Å². The average Bonchev–Trinajstić information content (AvgIpc) is 3.76. The normalized spacial score (nSPS) is 28.5. The van der Waals surface area contributed by atoms with E-state index in [-0.39, 0.29) is 51.5 Å². The molecular weight excluding hydrogens is 604 g/mol. The summed E-state index contributed by atoms with van der Waals surface area (Å²) in [6.07, 6.45) is 0.808. The van der Waals surface area contributed by atoms with Crippen LogP contribution < -0.4 is 19.2 Å². The second-order valence-corrected chi connectivity index (χ2v) is 14.3. The Kier molecular flexibility index (Phi) is 6.47. The van der Waals surface area contributed by atoms with Crippen molar-refractivity contribution in [1.29, 1.82) is 0 Å². The fourth-order valence-electron chi connectivity index (χ4n) is 7.98. The molecule has 5 unspecified atom stereocenters. The third-order valence-electron chi connectivity index (χ3n) is 9.60. The molecular formula is C33H27ClN2O5S2. The molecule has 2 saturated carbocycles. The highest BCUT2D eigenvalue weighted by molar-refractivity contribution is 8.00. The Balaban J connectivity index is 1.19. The van der Waals surface area contributed by atoms with Gasteiger partial charge in [0, 0.05) is 26.6 Å². The first-order valence-corrected chi connectivity index (χ1v) is 16.4. The number of anilines is 1. The number of halogens is 1. The first-order valence-electron chi connectivity index (χ1n) is 14.3. The van der Waals surface area contributed by atoms with E-state index in [9.17, 15) is 14.4 Å². The molecule has 218 valence electrons. The van der Waals surface area contributed by atoms with Gasteiger partial charge in [0.2, 0.25) is 11.8 Å². The molecule has 2 bridgehead atoms. The lowest BCUT2D eigenvalue weighted by molar-refractivity contribution is -0.123. The molecule has 43 heavy (non-hydrogen) atoms. The molecule has 1 aromatic heterocycles. The van der Waals surface area contributed by atoms with E-state index in [1.807, 2.05) is 48.5 Å². The van der Waals surface area contributed by atoms with E-state index in [1.165, 1.54) is 16.2 Å². The first kappa shape index (κ1) is 27.0. The molecule has 7 atom stereocenters. The van der Waals surface area contributed by atoms with Crippen molar-refractivity contribution >= 4 is 52.2 Å². The Hall–Kier alpha value is -3.53. The number of rotatable bonds is 6. The van der Waals surface area contributed by atoms with E-state index in [0.29, 0.717) is 28.8 Å². The first-order chi connectivity index (χ1) is 20.9. The zero-order chi connectivity index (χ0) is 29.4. The lowest BCUT2D eigenvalue weighted by Gasteiger charge is -2.43. The number of nitrogens with one attached hydrogen (secondary N) is 1. The minimum Gasteiger partial charge on any atom is -0.497 e. The predicted molar refractivity (Wildman–Crippen MR) is 166 cm³/mol. The molecule has 3 fully saturated rings. The number of H-pyrrole nitrogens is 1. The van der Waals surface area contributed by atoms with Crippen LogP contribution in [-0.2, 0) is 16.2 Å². The molecule has 2 aliphatic heterocycles. The predicted octanol–water partition coefficient (Wildman–Crippen LogP) is 6.36. The van der Waals surface area contributed by atoms with Crippen molar-refractivity contribution in [1.82, 2.24) is 4.98 Å². The fourth-order valence-corrected chi connectivity index (χ4v) is 11.0. The van der Waals surface area contributed by atoms with Gasteiger partial charge >= 0.3 is 4.87 Å². The summed E-state index contributed by atoms with van der Waals surface area (Å²) >= 11 is 9.49. The van der Waals surface area contributed by atoms with Gasteiger partial charge in [-0.25, -0.2) is 0 Å². The number of nitrogens with zero attached hydrogens (tertiary/aromatic N) is 1. The highest BCUT2D eigenvalue weighted by Gasteiger charge is 2.69. The van der Waals surface area contributed by atoms with Crippen molar-refractivity contribution in [3.8, 4) is 11.5 Å². The van der Waals surface area contributed by atoms with Gasteiger partial charge in [0.1, 0.15) is 18.1 Å². The van der Waals surface area contributed by atoms with E-state index in [1.54, 1.807) is 43.1 Å². The molecule has 1 saturated heterocycles. The number of hydrogen-bond donors (Lipinski definition) is 1. The van der Waals surface area contributed by atoms with E-state index >= 15 is 0 Å². The molecule has 2 aliphatic carbocycles. The van der Waals surface area contributed by atoms with Crippen molar-refractivity contribution in [3.63, 3.8) is 0 Å². The summed E-state index contributed by atoms with van der Waals surface area (Å²) in [5, 5.41) is 1.51. The van der Waals surface area contributed by atoms with Gasteiger partial charge in [0.15, 0.2) is 0 Å². The number of imide groups is 1. The summed E-state index contributed by atoms with van der Waals surface area (Å²) in [5.41, 5.74) is 2.54. The van der Waals surface area contributed by atoms with Gasteiger partial charge in [-0.1, -0.05) is 53.3 Å². The number of methoxy groups -OCH3 is 1. The van der Waals surface area contributed by atoms with Gasteiger partial charge in [-0.15, -0.1) is 11.8 Å². The minimum absolute atomic E-state index is 0.0106. The zero-order valence-electron chi connectivity index (χ0n) is 23.1. The number of thioether (sulfide) groups is 1. The topological polar surface area (TPSA) is 88.7 Å². The van der Waals surface area contributed by atoms with Crippen LogP contribution in [0.2, 0.25) is 5.02 Å². The van der Waals surface area contributed by atoms with Crippen molar-refractivity contribution < 1.29 is 19.1 Å². The molecule has 3 heterocycles. The molecule has 1 N–H and O–H groups in total. The standard InChI is InChI=1S/C33H27ClN2O5S2/c1-40-19-10-8-18(9-11-19)36-31(37)26-21-14-22(27(26)32(36)38)28-25(21)24(29-30(42-28)35-33(39)43-29)20-13-17(34)7-12-23(20)41-15-16-5-3-2-4-6-16/h2-13,21-22,24-28H,14-15H2,1H3,(H,35,39)/t21-,22-,24?,25?,26?,27?,28?/m1/s1. The van der Waals surface area contributed by atoms with Crippen molar-refractivity contribution in [3.05, 3.63) is 103 Å². The summed E-state index contributed by atoms with van der Waals surface area (Å²) in [6, 6.07) is 22.7. The van der Waals surface area contributed by atoms with Crippen molar-refractivity contribution in [2.75, 3.05) is 12.0 Å². The lowest BCUT2D eigenvalue weighted by Crippen LogP contribution is -2.42. The Bertz CT molecular complexity index is 1810. The van der Waals surface area contributed by atoms with Crippen molar-refractivity contribution in [2.45, 2.75) is 29.2 Å². The highest BCUT2D eigenvalue weighted by Crippen LogP contribution is 2.69. The van der Waals surface area contributed by atoms with Crippen LogP contribution in [0.5, 0.6) is 11.5 Å². The maximum Gasteiger partial charge on any atom is 0.305 e. The Labute approximate surface area is 261 Å². The van der Waals surface area contributed by atoms with Crippen LogP contribution in [-0.4, -0.2) is 29.2 Å². The van der Waals surface area contributed by atoms with Gasteiger partial charge in [-0.2, -0.15) is 0 Å². The van der Waals surface area contributed by atoms with E-state index in [2.05, 4.69) is 4.98 Å². The van der Waals surface area contributed by atoms with Gasteiger partial charge in [0.05, 0.1) is 29.7 Å². The molecule has 8 rings (SSSR count). The SMILES string of the molecule is COc1ccc(N2C(=O)C3C(C2=O)[C@@H]2C[C@H]3C3Sc4[nH]c(=O)sc4C(c4cc(Cl)ccc4OCc4ccccc4)C32)cc1. The molecule has 0 radical (unpaired) electrons. The van der Waals surface area contributed by atoms with Crippen LogP contribution >= 0.6 is 34.7 Å². The third-order valence-corrected chi connectivity index (χ3v) is 12.4. The number of aromatic nitrogens is 1. The van der Waals surface area contributed by atoms with Crippen LogP contribution in [0.3, 0.4) is 0 Å². The number of amides is 2. The summed E-state index contributed by atoms with van der Waals surface area (Å²) in [7, 11) is 1.59. The lowest BCUT2D eigenvalue weighted by atomic mass is 9.68.